The molecule has 0 aromatic carbocycles. The van der Waals surface area contributed by atoms with Crippen LogP contribution in [0, 0.1) is 0 Å². The summed E-state index contributed by atoms with van der Waals surface area (Å²) in [6.07, 6.45) is 3.75. The minimum atomic E-state index is 0. The third kappa shape index (κ3) is 6.86. The van der Waals surface area contributed by atoms with Crippen LogP contribution in [0.3, 0.4) is 0 Å². The van der Waals surface area contributed by atoms with Crippen molar-refractivity contribution in [1.82, 2.24) is 25.4 Å². The van der Waals surface area contributed by atoms with Crippen molar-refractivity contribution < 1.29 is 0 Å². The highest BCUT2D eigenvalue weighted by atomic mass is 127. The Labute approximate surface area is 158 Å². The highest BCUT2D eigenvalue weighted by Gasteiger charge is 2.02. The van der Waals surface area contributed by atoms with Crippen molar-refractivity contribution in [2.45, 2.75) is 39.8 Å². The van der Waals surface area contributed by atoms with Crippen LogP contribution in [0.4, 0.5) is 0 Å². The number of aryl methyl sites for hydroxylation is 1. The van der Waals surface area contributed by atoms with Gasteiger partial charge in [-0.3, -0.25) is 0 Å². The second kappa shape index (κ2) is 11.4. The van der Waals surface area contributed by atoms with Gasteiger partial charge in [0.25, 0.3) is 0 Å². The second-order valence-corrected chi connectivity index (χ2v) is 5.92. The number of aliphatic imine (C=N–C) groups is 1. The van der Waals surface area contributed by atoms with E-state index in [0.29, 0.717) is 6.54 Å². The van der Waals surface area contributed by atoms with Gasteiger partial charge in [0, 0.05) is 30.9 Å². The number of nitrogens with one attached hydrogen (secondary N) is 2. The first-order valence-electron chi connectivity index (χ1n) is 7.74. The number of halogens is 1. The highest BCUT2D eigenvalue weighted by Crippen LogP contribution is 2.09. The van der Waals surface area contributed by atoms with Gasteiger partial charge in [-0.1, -0.05) is 19.9 Å². The number of guanidine groups is 1. The molecular formula is C15H25IN6S. The molecule has 2 aromatic heterocycles. The first-order chi connectivity index (χ1) is 10.8. The van der Waals surface area contributed by atoms with Gasteiger partial charge in [-0.15, -0.1) is 45.5 Å². The molecule has 128 valence electrons. The molecule has 0 aliphatic carbocycles. The van der Waals surface area contributed by atoms with E-state index < -0.39 is 0 Å². The van der Waals surface area contributed by atoms with E-state index in [-0.39, 0.29) is 24.0 Å². The summed E-state index contributed by atoms with van der Waals surface area (Å²) in [6, 6.07) is 4.16. The molecule has 0 bridgehead atoms. The summed E-state index contributed by atoms with van der Waals surface area (Å²) in [7, 11) is 0. The Kier molecular flexibility index (Phi) is 9.85. The maximum atomic E-state index is 4.63. The van der Waals surface area contributed by atoms with Crippen molar-refractivity contribution in [2.75, 3.05) is 13.1 Å². The summed E-state index contributed by atoms with van der Waals surface area (Å²) in [4.78, 5) is 5.90. The molecule has 8 heteroatoms. The Morgan fingerprint density at radius 3 is 2.83 bits per heavy atom. The summed E-state index contributed by atoms with van der Waals surface area (Å²) in [5.41, 5.74) is 0. The van der Waals surface area contributed by atoms with Crippen molar-refractivity contribution in [2.24, 2.45) is 4.99 Å². The van der Waals surface area contributed by atoms with E-state index in [1.807, 2.05) is 0 Å². The van der Waals surface area contributed by atoms with E-state index >= 15 is 0 Å². The van der Waals surface area contributed by atoms with Gasteiger partial charge in [0.1, 0.15) is 12.2 Å². The first-order valence-corrected chi connectivity index (χ1v) is 8.62. The zero-order valence-corrected chi connectivity index (χ0v) is 16.8. The number of aromatic nitrogens is 3. The molecule has 0 saturated heterocycles. The molecule has 2 heterocycles. The van der Waals surface area contributed by atoms with Crippen LogP contribution in [0.1, 0.15) is 31.0 Å². The SMILES string of the molecule is CCCNC(=NCc1cccs1)NCCn1cnnc1CC.I. The molecule has 2 N–H and O–H groups in total. The zero-order valence-electron chi connectivity index (χ0n) is 13.7. The Balaban J connectivity index is 0.00000264. The van der Waals surface area contributed by atoms with Crippen LogP contribution >= 0.6 is 35.3 Å². The normalized spacial score (nSPS) is 11.1. The molecule has 0 fully saturated rings. The Hall–Kier alpha value is -1.16. The molecule has 0 radical (unpaired) electrons. The van der Waals surface area contributed by atoms with Crippen molar-refractivity contribution >= 4 is 41.3 Å². The summed E-state index contributed by atoms with van der Waals surface area (Å²) in [5.74, 6) is 1.88. The zero-order chi connectivity index (χ0) is 15.6. The molecule has 0 atom stereocenters. The largest absolute Gasteiger partial charge is 0.356 e. The van der Waals surface area contributed by atoms with Gasteiger partial charge in [-0.2, -0.15) is 0 Å². The van der Waals surface area contributed by atoms with Gasteiger partial charge in [0.2, 0.25) is 0 Å². The lowest BCUT2D eigenvalue weighted by Gasteiger charge is -2.12. The van der Waals surface area contributed by atoms with E-state index in [9.17, 15) is 0 Å². The van der Waals surface area contributed by atoms with Crippen LogP contribution in [0.2, 0.25) is 0 Å². The summed E-state index contributed by atoms with van der Waals surface area (Å²) in [6.45, 7) is 7.50. The predicted molar refractivity (Wildman–Crippen MR) is 107 cm³/mol. The fourth-order valence-corrected chi connectivity index (χ4v) is 2.64. The van der Waals surface area contributed by atoms with Crippen LogP contribution in [-0.4, -0.2) is 33.8 Å². The van der Waals surface area contributed by atoms with Crippen molar-refractivity contribution in [1.29, 1.82) is 0 Å². The second-order valence-electron chi connectivity index (χ2n) is 4.89. The Bertz CT molecular complexity index is 566. The van der Waals surface area contributed by atoms with E-state index in [4.69, 9.17) is 0 Å². The van der Waals surface area contributed by atoms with Gasteiger partial charge < -0.3 is 15.2 Å². The van der Waals surface area contributed by atoms with E-state index in [0.717, 1.165) is 44.3 Å². The number of nitrogens with zero attached hydrogens (tertiary/aromatic N) is 4. The lowest BCUT2D eigenvalue weighted by molar-refractivity contribution is 0.631. The van der Waals surface area contributed by atoms with Crippen LogP contribution in [-0.2, 0) is 19.5 Å². The first kappa shape index (κ1) is 19.9. The average Bonchev–Trinajstić information content (AvgIpc) is 3.20. The molecule has 6 nitrogen and oxygen atoms in total. The number of hydrogen-bond acceptors (Lipinski definition) is 4. The predicted octanol–water partition coefficient (Wildman–Crippen LogP) is 2.67. The minimum absolute atomic E-state index is 0. The third-order valence-electron chi connectivity index (χ3n) is 3.17. The monoisotopic (exact) mass is 448 g/mol. The molecule has 0 saturated carbocycles. The lowest BCUT2D eigenvalue weighted by Crippen LogP contribution is -2.39. The standard InChI is InChI=1S/C15H24N6S.HI/c1-3-7-16-15(18-11-13-6-5-10-22-13)17-8-9-21-12-19-20-14(21)4-2;/h5-6,10,12H,3-4,7-9,11H2,1-2H3,(H2,16,17,18);1H. The molecule has 0 spiro atoms. The minimum Gasteiger partial charge on any atom is -0.356 e. The van der Waals surface area contributed by atoms with Gasteiger partial charge in [0.15, 0.2) is 5.96 Å². The lowest BCUT2D eigenvalue weighted by atomic mass is 10.4. The van der Waals surface area contributed by atoms with Crippen LogP contribution < -0.4 is 10.6 Å². The van der Waals surface area contributed by atoms with Gasteiger partial charge in [0.05, 0.1) is 6.54 Å². The van der Waals surface area contributed by atoms with Gasteiger partial charge in [-0.05, 0) is 17.9 Å². The fourth-order valence-electron chi connectivity index (χ4n) is 2.01. The summed E-state index contributed by atoms with van der Waals surface area (Å²) in [5, 5.41) is 16.8. The van der Waals surface area contributed by atoms with E-state index in [1.54, 1.807) is 17.7 Å². The summed E-state index contributed by atoms with van der Waals surface area (Å²) >= 11 is 1.73. The van der Waals surface area contributed by atoms with Crippen molar-refractivity contribution in [3.63, 3.8) is 0 Å². The smallest absolute Gasteiger partial charge is 0.191 e. The number of thiophene rings is 1. The van der Waals surface area contributed by atoms with Crippen LogP contribution in [0.15, 0.2) is 28.8 Å². The maximum absolute atomic E-state index is 4.63. The topological polar surface area (TPSA) is 67.1 Å². The number of rotatable bonds is 8. The highest BCUT2D eigenvalue weighted by molar-refractivity contribution is 14.0. The molecule has 2 aromatic rings. The average molecular weight is 448 g/mol. The Morgan fingerprint density at radius 2 is 2.13 bits per heavy atom. The van der Waals surface area contributed by atoms with Gasteiger partial charge >= 0.3 is 0 Å². The molecule has 0 aliphatic rings. The Morgan fingerprint density at radius 1 is 1.30 bits per heavy atom. The molecule has 0 amide bonds. The molecule has 2 rings (SSSR count). The molecule has 23 heavy (non-hydrogen) atoms. The van der Waals surface area contributed by atoms with E-state index in [1.165, 1.54) is 4.88 Å². The van der Waals surface area contributed by atoms with Crippen LogP contribution in [0.25, 0.3) is 0 Å². The van der Waals surface area contributed by atoms with E-state index in [2.05, 4.69) is 61.8 Å². The fraction of sp³-hybridized carbons (Fsp3) is 0.533. The quantitative estimate of drug-likeness (QED) is 0.370. The third-order valence-corrected chi connectivity index (χ3v) is 4.03. The molecule has 0 aliphatic heterocycles. The number of hydrogen-bond donors (Lipinski definition) is 2. The van der Waals surface area contributed by atoms with Gasteiger partial charge in [-0.25, -0.2) is 4.99 Å². The maximum Gasteiger partial charge on any atom is 0.191 e. The van der Waals surface area contributed by atoms with Crippen LogP contribution in [0.5, 0.6) is 0 Å². The molecular weight excluding hydrogens is 423 g/mol. The van der Waals surface area contributed by atoms with Crippen molar-refractivity contribution in [3.8, 4) is 0 Å². The molecule has 0 unspecified atom stereocenters. The van der Waals surface area contributed by atoms with Crippen molar-refractivity contribution in [3.05, 3.63) is 34.5 Å². The summed E-state index contributed by atoms with van der Waals surface area (Å²) < 4.78 is 2.07.